The van der Waals surface area contributed by atoms with E-state index in [0.717, 1.165) is 0 Å². The monoisotopic (exact) mass is 225 g/mol. The van der Waals surface area contributed by atoms with Crippen LogP contribution in [-0.4, -0.2) is 16.1 Å². The van der Waals surface area contributed by atoms with E-state index in [1.165, 1.54) is 24.4 Å². The van der Waals surface area contributed by atoms with Gasteiger partial charge in [-0.05, 0) is 6.07 Å². The molecule has 0 saturated heterocycles. The standard InChI is InChI=1S/C10H5ClFNO2/c11-9-8(10(14)15)5-2-1-3-7(12)6(5)4-13-9/h1-4H,(H,14,15). The van der Waals surface area contributed by atoms with Crippen molar-refractivity contribution in [2.24, 2.45) is 0 Å². The molecule has 0 radical (unpaired) electrons. The molecule has 1 N–H and O–H groups in total. The van der Waals surface area contributed by atoms with Crippen LogP contribution < -0.4 is 0 Å². The summed E-state index contributed by atoms with van der Waals surface area (Å²) >= 11 is 5.64. The van der Waals surface area contributed by atoms with Crippen LogP contribution in [0.2, 0.25) is 5.15 Å². The van der Waals surface area contributed by atoms with Gasteiger partial charge in [-0.3, -0.25) is 0 Å². The number of hydrogen-bond acceptors (Lipinski definition) is 2. The topological polar surface area (TPSA) is 50.2 Å². The molecule has 0 aliphatic carbocycles. The molecule has 15 heavy (non-hydrogen) atoms. The molecule has 0 unspecified atom stereocenters. The lowest BCUT2D eigenvalue weighted by Crippen LogP contribution is -2.01. The number of aromatic carboxylic acids is 1. The van der Waals surface area contributed by atoms with Crippen molar-refractivity contribution in [1.82, 2.24) is 4.98 Å². The maximum absolute atomic E-state index is 13.3. The Balaban J connectivity index is 2.94. The zero-order valence-corrected chi connectivity index (χ0v) is 8.12. The number of nitrogens with zero attached hydrogens (tertiary/aromatic N) is 1. The molecule has 2 aromatic rings. The first-order valence-electron chi connectivity index (χ1n) is 4.07. The summed E-state index contributed by atoms with van der Waals surface area (Å²) in [5.74, 6) is -1.73. The molecule has 76 valence electrons. The summed E-state index contributed by atoms with van der Waals surface area (Å²) in [7, 11) is 0. The Morgan fingerprint density at radius 3 is 2.80 bits per heavy atom. The van der Waals surface area contributed by atoms with E-state index in [0.29, 0.717) is 0 Å². The Bertz CT molecular complexity index is 556. The minimum Gasteiger partial charge on any atom is -0.478 e. The fourth-order valence-electron chi connectivity index (χ4n) is 1.39. The number of carboxylic acid groups (broad SMARTS) is 1. The summed E-state index contributed by atoms with van der Waals surface area (Å²) in [4.78, 5) is 14.5. The minimum absolute atomic E-state index is 0.138. The minimum atomic E-state index is -1.22. The second-order valence-electron chi connectivity index (χ2n) is 2.93. The molecule has 0 saturated carbocycles. The molecule has 1 aromatic carbocycles. The summed E-state index contributed by atoms with van der Waals surface area (Å²) in [6.07, 6.45) is 1.22. The van der Waals surface area contributed by atoms with Gasteiger partial charge in [0.1, 0.15) is 16.5 Å². The van der Waals surface area contributed by atoms with Crippen LogP contribution >= 0.6 is 11.6 Å². The fourth-order valence-corrected chi connectivity index (χ4v) is 1.62. The Morgan fingerprint density at radius 1 is 1.40 bits per heavy atom. The first-order valence-corrected chi connectivity index (χ1v) is 4.45. The molecule has 2 rings (SSSR count). The first-order chi connectivity index (χ1) is 7.11. The van der Waals surface area contributed by atoms with Crippen LogP contribution in [0.5, 0.6) is 0 Å². The molecule has 0 fully saturated rings. The van der Waals surface area contributed by atoms with E-state index >= 15 is 0 Å². The van der Waals surface area contributed by atoms with Crippen molar-refractivity contribution >= 4 is 28.3 Å². The van der Waals surface area contributed by atoms with Crippen molar-refractivity contribution in [1.29, 1.82) is 0 Å². The lowest BCUT2D eigenvalue weighted by atomic mass is 10.1. The van der Waals surface area contributed by atoms with E-state index in [4.69, 9.17) is 16.7 Å². The largest absolute Gasteiger partial charge is 0.478 e. The van der Waals surface area contributed by atoms with Crippen molar-refractivity contribution in [2.75, 3.05) is 0 Å². The van der Waals surface area contributed by atoms with Crippen molar-refractivity contribution in [3.63, 3.8) is 0 Å². The third-order valence-corrected chi connectivity index (χ3v) is 2.34. The van der Waals surface area contributed by atoms with Gasteiger partial charge in [0.15, 0.2) is 0 Å². The molecule has 0 aliphatic heterocycles. The predicted molar refractivity (Wildman–Crippen MR) is 53.7 cm³/mol. The number of halogens is 2. The Hall–Kier alpha value is -1.68. The molecule has 0 amide bonds. The van der Waals surface area contributed by atoms with Crippen LogP contribution in [-0.2, 0) is 0 Å². The Morgan fingerprint density at radius 2 is 2.13 bits per heavy atom. The fraction of sp³-hybridized carbons (Fsp3) is 0. The van der Waals surface area contributed by atoms with Gasteiger partial charge in [-0.15, -0.1) is 0 Å². The van der Waals surface area contributed by atoms with Crippen LogP contribution in [0.25, 0.3) is 10.8 Å². The second-order valence-corrected chi connectivity index (χ2v) is 3.29. The molecule has 0 bridgehead atoms. The molecule has 0 spiro atoms. The smallest absolute Gasteiger partial charge is 0.339 e. The van der Waals surface area contributed by atoms with E-state index in [2.05, 4.69) is 4.98 Å². The number of fused-ring (bicyclic) bond motifs is 1. The summed E-state index contributed by atoms with van der Waals surface area (Å²) in [6, 6.07) is 4.17. The Labute approximate surface area is 89.1 Å². The molecule has 5 heteroatoms. The number of carbonyl (C=O) groups is 1. The SMILES string of the molecule is O=C(O)c1c(Cl)ncc2c(F)cccc12. The van der Waals surface area contributed by atoms with Crippen LogP contribution in [0, 0.1) is 5.82 Å². The quantitative estimate of drug-likeness (QED) is 0.760. The number of benzene rings is 1. The van der Waals surface area contributed by atoms with Crippen LogP contribution in [0.15, 0.2) is 24.4 Å². The molecule has 3 nitrogen and oxygen atoms in total. The van der Waals surface area contributed by atoms with Gasteiger partial charge in [0.2, 0.25) is 0 Å². The van der Waals surface area contributed by atoms with Crippen molar-refractivity contribution in [3.8, 4) is 0 Å². The van der Waals surface area contributed by atoms with E-state index < -0.39 is 11.8 Å². The third-order valence-electron chi connectivity index (χ3n) is 2.05. The highest BCUT2D eigenvalue weighted by Crippen LogP contribution is 2.25. The third kappa shape index (κ3) is 1.53. The van der Waals surface area contributed by atoms with Crippen molar-refractivity contribution in [2.45, 2.75) is 0 Å². The maximum atomic E-state index is 13.3. The van der Waals surface area contributed by atoms with E-state index in [9.17, 15) is 9.18 Å². The van der Waals surface area contributed by atoms with Gasteiger partial charge in [-0.25, -0.2) is 14.2 Å². The molecule has 1 aromatic heterocycles. The molecular weight excluding hydrogens is 221 g/mol. The van der Waals surface area contributed by atoms with Gasteiger partial charge < -0.3 is 5.11 Å². The zero-order valence-electron chi connectivity index (χ0n) is 7.37. The van der Waals surface area contributed by atoms with Gasteiger partial charge in [0.25, 0.3) is 0 Å². The highest BCUT2D eigenvalue weighted by atomic mass is 35.5. The van der Waals surface area contributed by atoms with E-state index in [-0.39, 0.29) is 21.5 Å². The van der Waals surface area contributed by atoms with Gasteiger partial charge >= 0.3 is 5.97 Å². The van der Waals surface area contributed by atoms with Gasteiger partial charge in [-0.2, -0.15) is 0 Å². The van der Waals surface area contributed by atoms with Crippen LogP contribution in [0.3, 0.4) is 0 Å². The average Bonchev–Trinajstić information content (AvgIpc) is 2.17. The van der Waals surface area contributed by atoms with Gasteiger partial charge in [0, 0.05) is 17.0 Å². The van der Waals surface area contributed by atoms with Crippen molar-refractivity contribution in [3.05, 3.63) is 40.9 Å². The summed E-state index contributed by atoms with van der Waals surface area (Å²) in [5, 5.41) is 9.17. The number of pyridine rings is 1. The van der Waals surface area contributed by atoms with Crippen LogP contribution in [0.1, 0.15) is 10.4 Å². The maximum Gasteiger partial charge on any atom is 0.339 e. The number of rotatable bonds is 1. The summed E-state index contributed by atoms with van der Waals surface area (Å²) < 4.78 is 13.3. The van der Waals surface area contributed by atoms with E-state index in [1.807, 2.05) is 0 Å². The number of hydrogen-bond donors (Lipinski definition) is 1. The zero-order chi connectivity index (χ0) is 11.0. The summed E-state index contributed by atoms with van der Waals surface area (Å²) in [6.45, 7) is 0. The molecule has 0 aliphatic rings. The first kappa shape index (κ1) is 9.86. The molecule has 0 atom stereocenters. The molecular formula is C10H5ClFNO2. The lowest BCUT2D eigenvalue weighted by Gasteiger charge is -2.04. The lowest BCUT2D eigenvalue weighted by molar-refractivity contribution is 0.0699. The average molecular weight is 226 g/mol. The normalized spacial score (nSPS) is 10.5. The Kier molecular flexibility index (Phi) is 2.28. The van der Waals surface area contributed by atoms with Gasteiger partial charge in [-0.1, -0.05) is 23.7 Å². The predicted octanol–water partition coefficient (Wildman–Crippen LogP) is 2.73. The molecule has 1 heterocycles. The second kappa shape index (κ2) is 3.47. The van der Waals surface area contributed by atoms with Gasteiger partial charge in [0.05, 0.1) is 0 Å². The van der Waals surface area contributed by atoms with Crippen molar-refractivity contribution < 1.29 is 14.3 Å². The highest BCUT2D eigenvalue weighted by molar-refractivity contribution is 6.34. The number of carboxylic acids is 1. The highest BCUT2D eigenvalue weighted by Gasteiger charge is 2.15. The summed E-state index contributed by atoms with van der Waals surface area (Å²) in [5.41, 5.74) is -0.173. The van der Waals surface area contributed by atoms with E-state index in [1.54, 1.807) is 0 Å². The van der Waals surface area contributed by atoms with Crippen LogP contribution in [0.4, 0.5) is 4.39 Å². The number of aromatic nitrogens is 1.